The minimum absolute atomic E-state index is 0.00766. The number of carbonyl (C=O) groups excluding carboxylic acids is 2. The molecule has 1 saturated heterocycles. The third-order valence-corrected chi connectivity index (χ3v) is 6.01. The van der Waals surface area contributed by atoms with Crippen LogP contribution in [0.3, 0.4) is 0 Å². The van der Waals surface area contributed by atoms with E-state index in [0.29, 0.717) is 11.3 Å². The number of aliphatic hydroxyl groups excluding tert-OH is 1. The Balaban J connectivity index is 1.71. The number of aliphatic hydroxyl groups is 1. The molecular weight excluding hydrogens is 366 g/mol. The molecule has 146 valence electrons. The first-order valence-electron chi connectivity index (χ1n) is 9.94. The Morgan fingerprint density at radius 3 is 2.59 bits per heavy atom. The van der Waals surface area contributed by atoms with Crippen molar-refractivity contribution in [3.8, 4) is 0 Å². The van der Waals surface area contributed by atoms with Crippen LogP contribution >= 0.6 is 0 Å². The standard InChI is InChI=1S/C23H21N3O3/c27-21(16-13-25-17-10-4-3-9-15(16)17)19-20(18-11-5-6-12-24-18)26(23(29)22(19)28)14-7-1-2-8-14/h3-6,9-14,20,25,27H,1-2,7-8H2/b21-19-. The maximum Gasteiger partial charge on any atom is 0.295 e. The second-order valence-corrected chi connectivity index (χ2v) is 7.65. The van der Waals surface area contributed by atoms with E-state index < -0.39 is 17.7 Å². The minimum Gasteiger partial charge on any atom is -0.507 e. The molecule has 29 heavy (non-hydrogen) atoms. The van der Waals surface area contributed by atoms with Crippen LogP contribution in [0.2, 0.25) is 0 Å². The highest BCUT2D eigenvalue weighted by molar-refractivity contribution is 6.46. The average molecular weight is 387 g/mol. The molecule has 0 radical (unpaired) electrons. The van der Waals surface area contributed by atoms with E-state index in [1.165, 1.54) is 0 Å². The molecule has 1 unspecified atom stereocenters. The number of carbonyl (C=O) groups is 2. The Morgan fingerprint density at radius 2 is 1.83 bits per heavy atom. The van der Waals surface area contributed by atoms with Crippen LogP contribution in [-0.2, 0) is 9.59 Å². The Hall–Kier alpha value is -3.41. The fourth-order valence-corrected chi connectivity index (χ4v) is 4.65. The summed E-state index contributed by atoms with van der Waals surface area (Å²) in [5.74, 6) is -1.35. The first-order valence-corrected chi connectivity index (χ1v) is 9.94. The van der Waals surface area contributed by atoms with Gasteiger partial charge in [0.15, 0.2) is 0 Å². The number of amides is 1. The Bertz CT molecular complexity index is 1130. The van der Waals surface area contributed by atoms with E-state index >= 15 is 0 Å². The zero-order valence-electron chi connectivity index (χ0n) is 15.8. The van der Waals surface area contributed by atoms with E-state index in [-0.39, 0.29) is 17.4 Å². The van der Waals surface area contributed by atoms with Crippen LogP contribution in [0.5, 0.6) is 0 Å². The van der Waals surface area contributed by atoms with Crippen molar-refractivity contribution in [3.05, 3.63) is 71.7 Å². The highest BCUT2D eigenvalue weighted by atomic mass is 16.3. The van der Waals surface area contributed by atoms with E-state index in [1.54, 1.807) is 29.4 Å². The quantitative estimate of drug-likeness (QED) is 0.405. The van der Waals surface area contributed by atoms with Gasteiger partial charge in [0.25, 0.3) is 11.7 Å². The van der Waals surface area contributed by atoms with Crippen molar-refractivity contribution in [1.29, 1.82) is 0 Å². The number of nitrogens with zero attached hydrogens (tertiary/aromatic N) is 2. The number of aromatic nitrogens is 2. The number of Topliss-reactive ketones (excluding diaryl/α,β-unsaturated/α-hetero) is 1. The van der Waals surface area contributed by atoms with Crippen molar-refractivity contribution < 1.29 is 14.7 Å². The van der Waals surface area contributed by atoms with Gasteiger partial charge in [0.1, 0.15) is 11.8 Å². The molecule has 5 rings (SSSR count). The molecule has 1 amide bonds. The molecule has 6 nitrogen and oxygen atoms in total. The lowest BCUT2D eigenvalue weighted by Crippen LogP contribution is -2.37. The number of pyridine rings is 1. The average Bonchev–Trinajstić information content (AvgIpc) is 3.47. The van der Waals surface area contributed by atoms with Crippen LogP contribution in [0, 0.1) is 0 Å². The summed E-state index contributed by atoms with van der Waals surface area (Å²) in [7, 11) is 0. The van der Waals surface area contributed by atoms with Crippen molar-refractivity contribution in [1.82, 2.24) is 14.9 Å². The van der Waals surface area contributed by atoms with Crippen molar-refractivity contribution in [2.45, 2.75) is 37.8 Å². The van der Waals surface area contributed by atoms with Gasteiger partial charge in [0, 0.05) is 34.9 Å². The smallest absolute Gasteiger partial charge is 0.295 e. The monoisotopic (exact) mass is 387 g/mol. The summed E-state index contributed by atoms with van der Waals surface area (Å²) in [5.41, 5.74) is 2.09. The Morgan fingerprint density at radius 1 is 1.07 bits per heavy atom. The number of H-pyrrole nitrogens is 1. The summed E-state index contributed by atoms with van der Waals surface area (Å²) >= 11 is 0. The molecule has 1 atom stereocenters. The van der Waals surface area contributed by atoms with E-state index in [0.717, 1.165) is 36.6 Å². The number of likely N-dealkylation sites (tertiary alicyclic amines) is 1. The van der Waals surface area contributed by atoms with Crippen molar-refractivity contribution in [2.75, 3.05) is 0 Å². The highest BCUT2D eigenvalue weighted by Crippen LogP contribution is 2.43. The number of ketones is 1. The van der Waals surface area contributed by atoms with Crippen LogP contribution in [0.25, 0.3) is 16.7 Å². The van der Waals surface area contributed by atoms with Crippen LogP contribution in [0.1, 0.15) is 43.0 Å². The number of hydrogen-bond donors (Lipinski definition) is 2. The number of fused-ring (bicyclic) bond motifs is 1. The normalized spacial score (nSPS) is 22.1. The second-order valence-electron chi connectivity index (χ2n) is 7.65. The fourth-order valence-electron chi connectivity index (χ4n) is 4.65. The van der Waals surface area contributed by atoms with Crippen molar-refractivity contribution >= 4 is 28.4 Å². The van der Waals surface area contributed by atoms with Gasteiger partial charge in [-0.2, -0.15) is 0 Å². The molecule has 1 aromatic carbocycles. The fraction of sp³-hybridized carbons (Fsp3) is 0.261. The summed E-state index contributed by atoms with van der Waals surface area (Å²) < 4.78 is 0. The predicted molar refractivity (Wildman–Crippen MR) is 109 cm³/mol. The van der Waals surface area contributed by atoms with Crippen LogP contribution in [0.4, 0.5) is 0 Å². The summed E-state index contributed by atoms with van der Waals surface area (Å²) in [6.45, 7) is 0. The number of para-hydroxylation sites is 1. The Kier molecular flexibility index (Phi) is 4.19. The number of benzene rings is 1. The lowest BCUT2D eigenvalue weighted by Gasteiger charge is -2.30. The SMILES string of the molecule is O=C1C(=O)N(C2CCCC2)C(c2ccccn2)/C1=C(/O)c1c[nH]c2ccccc12. The van der Waals surface area contributed by atoms with Crippen LogP contribution in [-0.4, -0.2) is 37.7 Å². The molecule has 2 fully saturated rings. The lowest BCUT2D eigenvalue weighted by molar-refractivity contribution is -0.141. The minimum atomic E-state index is -0.673. The van der Waals surface area contributed by atoms with Gasteiger partial charge in [-0.3, -0.25) is 14.6 Å². The van der Waals surface area contributed by atoms with Crippen LogP contribution in [0.15, 0.2) is 60.4 Å². The maximum absolute atomic E-state index is 13.1. The zero-order chi connectivity index (χ0) is 20.0. The van der Waals surface area contributed by atoms with E-state index in [2.05, 4.69) is 9.97 Å². The van der Waals surface area contributed by atoms with Gasteiger partial charge < -0.3 is 15.0 Å². The van der Waals surface area contributed by atoms with Gasteiger partial charge in [-0.15, -0.1) is 0 Å². The molecule has 6 heteroatoms. The summed E-state index contributed by atoms with van der Waals surface area (Å²) in [6, 6.07) is 12.3. The molecular formula is C23H21N3O3. The lowest BCUT2D eigenvalue weighted by atomic mass is 9.97. The van der Waals surface area contributed by atoms with Crippen molar-refractivity contribution in [3.63, 3.8) is 0 Å². The van der Waals surface area contributed by atoms with E-state index in [1.807, 2.05) is 30.3 Å². The molecule has 1 aliphatic heterocycles. The third kappa shape index (κ3) is 2.75. The van der Waals surface area contributed by atoms with Gasteiger partial charge in [0.2, 0.25) is 0 Å². The van der Waals surface area contributed by atoms with Gasteiger partial charge in [-0.25, -0.2) is 0 Å². The largest absolute Gasteiger partial charge is 0.507 e. The molecule has 0 bridgehead atoms. The highest BCUT2D eigenvalue weighted by Gasteiger charge is 2.49. The van der Waals surface area contributed by atoms with E-state index in [4.69, 9.17) is 0 Å². The summed E-state index contributed by atoms with van der Waals surface area (Å²) in [6.07, 6.45) is 7.12. The van der Waals surface area contributed by atoms with Crippen molar-refractivity contribution in [2.24, 2.45) is 0 Å². The molecule has 1 aliphatic carbocycles. The second kappa shape index (κ2) is 6.88. The predicted octanol–water partition coefficient (Wildman–Crippen LogP) is 3.93. The molecule has 2 aliphatic rings. The van der Waals surface area contributed by atoms with Gasteiger partial charge in [0.05, 0.1) is 11.3 Å². The van der Waals surface area contributed by atoms with Crippen LogP contribution < -0.4 is 0 Å². The zero-order valence-corrected chi connectivity index (χ0v) is 15.8. The van der Waals surface area contributed by atoms with E-state index in [9.17, 15) is 14.7 Å². The Labute approximate surface area is 167 Å². The molecule has 3 aromatic rings. The number of hydrogen-bond acceptors (Lipinski definition) is 4. The summed E-state index contributed by atoms with van der Waals surface area (Å²) in [4.78, 5) is 35.3. The number of rotatable bonds is 3. The number of nitrogens with one attached hydrogen (secondary N) is 1. The molecule has 3 heterocycles. The third-order valence-electron chi connectivity index (χ3n) is 6.01. The first kappa shape index (κ1) is 17.7. The first-order chi connectivity index (χ1) is 14.2. The molecule has 0 spiro atoms. The summed E-state index contributed by atoms with van der Waals surface area (Å²) in [5, 5.41) is 12.0. The number of aromatic amines is 1. The van der Waals surface area contributed by atoms with Gasteiger partial charge >= 0.3 is 0 Å². The molecule has 2 N–H and O–H groups in total. The maximum atomic E-state index is 13.1. The van der Waals surface area contributed by atoms with Gasteiger partial charge in [-0.05, 0) is 31.0 Å². The topological polar surface area (TPSA) is 86.3 Å². The van der Waals surface area contributed by atoms with Gasteiger partial charge in [-0.1, -0.05) is 37.1 Å². The molecule has 1 saturated carbocycles. The molecule has 2 aromatic heterocycles.